The predicted octanol–water partition coefficient (Wildman–Crippen LogP) is 6.09. The van der Waals surface area contributed by atoms with Gasteiger partial charge < -0.3 is 25.8 Å². The number of ether oxygens (including phenoxy) is 1. The Kier molecular flexibility index (Phi) is 14.9. The lowest BCUT2D eigenvalue weighted by molar-refractivity contribution is -0.144. The summed E-state index contributed by atoms with van der Waals surface area (Å²) in [7, 11) is 0. The van der Waals surface area contributed by atoms with E-state index in [1.165, 1.54) is 0 Å². The van der Waals surface area contributed by atoms with E-state index in [2.05, 4.69) is 50.6 Å². The van der Waals surface area contributed by atoms with E-state index in [1.807, 2.05) is 48.5 Å². The van der Waals surface area contributed by atoms with Crippen LogP contribution >= 0.6 is 0 Å². The van der Waals surface area contributed by atoms with E-state index in [9.17, 15) is 24.3 Å². The second-order valence-corrected chi connectivity index (χ2v) is 17.5. The first-order chi connectivity index (χ1) is 19.1. The highest BCUT2D eigenvalue weighted by molar-refractivity contribution is 5.87. The Labute approximate surface area is 262 Å². The van der Waals surface area contributed by atoms with Crippen LogP contribution in [0.1, 0.15) is 135 Å². The van der Waals surface area contributed by atoms with Crippen molar-refractivity contribution in [1.82, 2.24) is 16.0 Å². The Balaban J connectivity index is 4.65. The van der Waals surface area contributed by atoms with E-state index in [-0.39, 0.29) is 46.8 Å². The zero-order chi connectivity index (χ0) is 34.1. The molecule has 0 aliphatic carbocycles. The molecule has 0 saturated carbocycles. The molecule has 0 heterocycles. The number of rotatable bonds is 18. The van der Waals surface area contributed by atoms with Crippen molar-refractivity contribution in [3.8, 4) is 0 Å². The Morgan fingerprint density at radius 1 is 0.698 bits per heavy atom. The summed E-state index contributed by atoms with van der Waals surface area (Å²) >= 11 is 0. The first-order valence-electron chi connectivity index (χ1n) is 15.8. The fourth-order valence-electron chi connectivity index (χ4n) is 5.71. The third kappa shape index (κ3) is 18.3. The minimum absolute atomic E-state index is 0.00160. The minimum atomic E-state index is -1.16. The average Bonchev–Trinajstić information content (AvgIpc) is 2.76. The number of carboxylic acids is 1. The molecule has 0 aromatic rings. The lowest BCUT2D eigenvalue weighted by Crippen LogP contribution is -2.48. The highest BCUT2D eigenvalue weighted by Gasteiger charge is 2.35. The van der Waals surface area contributed by atoms with Gasteiger partial charge in [-0.05, 0) is 62.2 Å². The molecule has 0 bridgehead atoms. The topological polar surface area (TPSA) is 134 Å². The molecular formula is C34H65N3O6. The lowest BCUT2D eigenvalue weighted by atomic mass is 9.75. The summed E-state index contributed by atoms with van der Waals surface area (Å²) < 4.78 is 6.09. The van der Waals surface area contributed by atoms with Crippen LogP contribution in [0.4, 0.5) is 0 Å². The number of carboxylic acid groups (broad SMARTS) is 1. The number of nitrogens with one attached hydrogen (secondary N) is 3. The number of amides is 3. The molecule has 0 spiro atoms. The average molecular weight is 612 g/mol. The molecule has 1 unspecified atom stereocenters. The van der Waals surface area contributed by atoms with Gasteiger partial charge in [0, 0.05) is 36.9 Å². The van der Waals surface area contributed by atoms with Crippen molar-refractivity contribution in [1.29, 1.82) is 0 Å². The number of hydrogen-bond donors (Lipinski definition) is 4. The summed E-state index contributed by atoms with van der Waals surface area (Å²) in [6.45, 7) is 29.8. The summed E-state index contributed by atoms with van der Waals surface area (Å²) in [6, 6.07) is -1.14. The van der Waals surface area contributed by atoms with Gasteiger partial charge in [0.25, 0.3) is 0 Å². The first-order valence-corrected chi connectivity index (χ1v) is 15.8. The van der Waals surface area contributed by atoms with E-state index in [0.717, 1.165) is 6.42 Å². The number of aliphatic carboxylic acids is 1. The van der Waals surface area contributed by atoms with Crippen LogP contribution in [0.5, 0.6) is 0 Å². The third-order valence-corrected chi connectivity index (χ3v) is 7.47. The van der Waals surface area contributed by atoms with Crippen LogP contribution in [0.2, 0.25) is 0 Å². The van der Waals surface area contributed by atoms with Crippen LogP contribution in [0.25, 0.3) is 0 Å². The zero-order valence-corrected chi connectivity index (χ0v) is 29.9. The number of carbonyl (C=O) groups is 4. The van der Waals surface area contributed by atoms with Gasteiger partial charge in [-0.25, -0.2) is 4.79 Å². The maximum Gasteiger partial charge on any atom is 0.326 e. The highest BCUT2D eigenvalue weighted by atomic mass is 16.5. The van der Waals surface area contributed by atoms with Crippen LogP contribution in [0, 0.1) is 27.1 Å². The minimum Gasteiger partial charge on any atom is -0.480 e. The molecule has 0 saturated heterocycles. The summed E-state index contributed by atoms with van der Waals surface area (Å²) in [5.41, 5.74) is -1.75. The predicted molar refractivity (Wildman–Crippen MR) is 174 cm³/mol. The summed E-state index contributed by atoms with van der Waals surface area (Å²) in [5, 5.41) is 18.2. The van der Waals surface area contributed by atoms with E-state index in [1.54, 1.807) is 13.8 Å². The van der Waals surface area contributed by atoms with Crippen LogP contribution < -0.4 is 16.0 Å². The van der Waals surface area contributed by atoms with Gasteiger partial charge in [-0.2, -0.15) is 0 Å². The summed E-state index contributed by atoms with van der Waals surface area (Å²) in [4.78, 5) is 49.9. The molecule has 0 aromatic carbocycles. The van der Waals surface area contributed by atoms with Crippen molar-refractivity contribution in [2.75, 3.05) is 19.7 Å². The van der Waals surface area contributed by atoms with Gasteiger partial charge in [-0.3, -0.25) is 14.4 Å². The summed E-state index contributed by atoms with van der Waals surface area (Å²) in [5.74, 6) is -1.76. The standard InChI is InChI=1S/C34H65N3O6/c1-29(2,3)21-31(7,8)23-36-27(41)32(9,10)18-20-43-34(13,14)17-19-35-25(38)16-15-24(26(39)40)37-28(42)33(11,12)22-30(4,5)6/h24H,15-23H2,1-14H3,(H,35,38)(H,36,41)(H,37,42)(H,39,40). The molecule has 0 aliphatic rings. The molecule has 4 N–H and O–H groups in total. The molecule has 0 fully saturated rings. The van der Waals surface area contributed by atoms with Crippen molar-refractivity contribution >= 4 is 23.7 Å². The van der Waals surface area contributed by atoms with Crippen molar-refractivity contribution < 1.29 is 29.0 Å². The van der Waals surface area contributed by atoms with Crippen LogP contribution in [0.3, 0.4) is 0 Å². The Morgan fingerprint density at radius 2 is 1.23 bits per heavy atom. The second-order valence-electron chi connectivity index (χ2n) is 17.5. The molecule has 9 heteroatoms. The van der Waals surface area contributed by atoms with Crippen LogP contribution in [-0.4, -0.2) is 60.1 Å². The zero-order valence-electron chi connectivity index (χ0n) is 29.9. The molecule has 0 aromatic heterocycles. The molecule has 3 amide bonds. The molecule has 0 radical (unpaired) electrons. The van der Waals surface area contributed by atoms with Crippen LogP contribution in [-0.2, 0) is 23.9 Å². The SMILES string of the molecule is CC(C)(C)CC(C)(C)CNC(=O)C(C)(C)CCOC(C)(C)CCNC(=O)CCC(NC(=O)C(C)(C)CC(C)(C)C)C(=O)O. The van der Waals surface area contributed by atoms with Crippen molar-refractivity contribution in [2.24, 2.45) is 27.1 Å². The molecule has 0 rings (SSSR count). The number of carbonyl (C=O) groups excluding carboxylic acids is 3. The van der Waals surface area contributed by atoms with Gasteiger partial charge in [0.1, 0.15) is 6.04 Å². The molecular weight excluding hydrogens is 546 g/mol. The molecule has 43 heavy (non-hydrogen) atoms. The van der Waals surface area contributed by atoms with E-state index in [0.29, 0.717) is 39.0 Å². The first kappa shape index (κ1) is 40.8. The summed E-state index contributed by atoms with van der Waals surface area (Å²) in [6.07, 6.45) is 2.69. The van der Waals surface area contributed by atoms with Gasteiger partial charge in [0.05, 0.1) is 5.60 Å². The maximum absolute atomic E-state index is 12.9. The van der Waals surface area contributed by atoms with Crippen molar-refractivity contribution in [2.45, 2.75) is 147 Å². The Hall–Kier alpha value is -2.16. The Morgan fingerprint density at radius 3 is 1.72 bits per heavy atom. The molecule has 1 atom stereocenters. The van der Waals surface area contributed by atoms with E-state index in [4.69, 9.17) is 4.74 Å². The van der Waals surface area contributed by atoms with Gasteiger partial charge in [0.2, 0.25) is 17.7 Å². The maximum atomic E-state index is 12.9. The molecule has 9 nitrogen and oxygen atoms in total. The molecule has 0 aliphatic heterocycles. The molecule has 252 valence electrons. The van der Waals surface area contributed by atoms with E-state index < -0.39 is 28.4 Å². The number of hydrogen-bond acceptors (Lipinski definition) is 5. The van der Waals surface area contributed by atoms with Gasteiger partial charge >= 0.3 is 5.97 Å². The highest BCUT2D eigenvalue weighted by Crippen LogP contribution is 2.34. The van der Waals surface area contributed by atoms with Gasteiger partial charge in [0.15, 0.2) is 0 Å². The van der Waals surface area contributed by atoms with Crippen molar-refractivity contribution in [3.63, 3.8) is 0 Å². The van der Waals surface area contributed by atoms with E-state index >= 15 is 0 Å². The fraction of sp³-hybridized carbons (Fsp3) is 0.882. The largest absolute Gasteiger partial charge is 0.480 e. The van der Waals surface area contributed by atoms with Crippen LogP contribution in [0.15, 0.2) is 0 Å². The quantitative estimate of drug-likeness (QED) is 0.148. The smallest absolute Gasteiger partial charge is 0.326 e. The Bertz CT molecular complexity index is 939. The van der Waals surface area contributed by atoms with Gasteiger partial charge in [-0.1, -0.05) is 83.1 Å². The van der Waals surface area contributed by atoms with Crippen molar-refractivity contribution in [3.05, 3.63) is 0 Å². The normalized spacial score (nSPS) is 14.2. The van der Waals surface area contributed by atoms with Gasteiger partial charge in [-0.15, -0.1) is 0 Å². The second kappa shape index (κ2) is 15.7. The monoisotopic (exact) mass is 611 g/mol. The lowest BCUT2D eigenvalue weighted by Gasteiger charge is -2.34. The fourth-order valence-corrected chi connectivity index (χ4v) is 5.71. The third-order valence-electron chi connectivity index (χ3n) is 7.47.